The predicted octanol–water partition coefficient (Wildman–Crippen LogP) is 2.36. The molecule has 0 bridgehead atoms. The maximum absolute atomic E-state index is 9.49. The molecule has 6 nitrogen and oxygen atoms in total. The smallest absolute Gasteiger partial charge is 0.151 e. The van der Waals surface area contributed by atoms with Crippen LogP contribution in [0, 0.1) is 11.3 Å². The predicted molar refractivity (Wildman–Crippen MR) is 96.2 cm³/mol. The summed E-state index contributed by atoms with van der Waals surface area (Å²) >= 11 is 0. The van der Waals surface area contributed by atoms with Crippen LogP contribution in [0.25, 0.3) is 5.52 Å². The van der Waals surface area contributed by atoms with E-state index >= 15 is 0 Å². The van der Waals surface area contributed by atoms with Gasteiger partial charge in [0.1, 0.15) is 6.07 Å². The number of nitriles is 1. The van der Waals surface area contributed by atoms with Crippen molar-refractivity contribution in [3.8, 4) is 6.07 Å². The van der Waals surface area contributed by atoms with Gasteiger partial charge in [0, 0.05) is 49.8 Å². The molecular weight excluding hydrogens is 312 g/mol. The molecule has 1 aliphatic heterocycles. The molecule has 0 aliphatic carbocycles. The Kier molecular flexibility index (Phi) is 4.32. The fourth-order valence-corrected chi connectivity index (χ4v) is 3.61. The number of fused-ring (bicyclic) bond motifs is 1. The maximum atomic E-state index is 9.49. The van der Waals surface area contributed by atoms with Crippen LogP contribution in [-0.2, 0) is 6.54 Å². The molecule has 1 fully saturated rings. The number of rotatable bonds is 5. The standard InChI is InChI=1S/C19H20N6/c20-11-17-15(14-24-9-2-1-6-18(17)24)12-21-13-16-5-4-10-25(16)19-7-3-8-22-23-19/h1-3,6-9,14,16,21H,4-5,10,12-13H2. The van der Waals surface area contributed by atoms with Gasteiger partial charge in [0.25, 0.3) is 0 Å². The lowest BCUT2D eigenvalue weighted by atomic mass is 10.1. The Balaban J connectivity index is 1.43. The van der Waals surface area contributed by atoms with Crippen molar-refractivity contribution in [3.63, 3.8) is 0 Å². The van der Waals surface area contributed by atoms with Crippen LogP contribution >= 0.6 is 0 Å². The van der Waals surface area contributed by atoms with Crippen LogP contribution in [0.5, 0.6) is 0 Å². The van der Waals surface area contributed by atoms with Gasteiger partial charge < -0.3 is 14.6 Å². The van der Waals surface area contributed by atoms with E-state index in [2.05, 4.69) is 26.5 Å². The van der Waals surface area contributed by atoms with Gasteiger partial charge in [-0.25, -0.2) is 0 Å². The van der Waals surface area contributed by atoms with E-state index in [1.807, 2.05) is 47.1 Å². The molecule has 1 N–H and O–H groups in total. The van der Waals surface area contributed by atoms with E-state index in [1.165, 1.54) is 6.42 Å². The van der Waals surface area contributed by atoms with E-state index in [-0.39, 0.29) is 0 Å². The molecule has 3 aromatic rings. The zero-order valence-corrected chi connectivity index (χ0v) is 14.0. The Labute approximate surface area is 146 Å². The molecular formula is C19H20N6. The number of nitrogens with one attached hydrogen (secondary N) is 1. The highest BCUT2D eigenvalue weighted by Crippen LogP contribution is 2.23. The van der Waals surface area contributed by atoms with Crippen molar-refractivity contribution in [2.45, 2.75) is 25.4 Å². The van der Waals surface area contributed by atoms with Crippen molar-refractivity contribution < 1.29 is 0 Å². The highest BCUT2D eigenvalue weighted by atomic mass is 15.3. The van der Waals surface area contributed by atoms with Crippen LogP contribution in [0.4, 0.5) is 5.82 Å². The lowest BCUT2D eigenvalue weighted by molar-refractivity contribution is 0.569. The van der Waals surface area contributed by atoms with Crippen molar-refractivity contribution in [3.05, 3.63) is 60.0 Å². The second-order valence-corrected chi connectivity index (χ2v) is 6.34. The van der Waals surface area contributed by atoms with E-state index in [9.17, 15) is 5.26 Å². The van der Waals surface area contributed by atoms with Gasteiger partial charge in [-0.15, -0.1) is 5.10 Å². The number of anilines is 1. The summed E-state index contributed by atoms with van der Waals surface area (Å²) in [6.45, 7) is 2.58. The number of aromatic nitrogens is 3. The van der Waals surface area contributed by atoms with Crippen LogP contribution in [0.3, 0.4) is 0 Å². The van der Waals surface area contributed by atoms with E-state index in [0.29, 0.717) is 12.6 Å². The molecule has 0 radical (unpaired) electrons. The molecule has 25 heavy (non-hydrogen) atoms. The van der Waals surface area contributed by atoms with Crippen LogP contribution in [-0.4, -0.2) is 33.7 Å². The van der Waals surface area contributed by atoms with Gasteiger partial charge in [-0.3, -0.25) is 0 Å². The fraction of sp³-hybridized carbons (Fsp3) is 0.316. The molecule has 3 aromatic heterocycles. The van der Waals surface area contributed by atoms with Crippen molar-refractivity contribution in [1.29, 1.82) is 5.26 Å². The summed E-state index contributed by atoms with van der Waals surface area (Å²) in [6, 6.07) is 12.6. The number of hydrogen-bond donors (Lipinski definition) is 1. The molecule has 0 amide bonds. The molecule has 1 atom stereocenters. The summed E-state index contributed by atoms with van der Waals surface area (Å²) < 4.78 is 2.01. The molecule has 1 saturated heterocycles. The lowest BCUT2D eigenvalue weighted by Crippen LogP contribution is -2.38. The summed E-state index contributed by atoms with van der Waals surface area (Å²) in [4.78, 5) is 2.32. The largest absolute Gasteiger partial charge is 0.351 e. The van der Waals surface area contributed by atoms with Crippen LogP contribution in [0.1, 0.15) is 24.0 Å². The van der Waals surface area contributed by atoms with E-state index < -0.39 is 0 Å². The molecule has 1 aliphatic rings. The van der Waals surface area contributed by atoms with Gasteiger partial charge in [0.05, 0.1) is 11.1 Å². The number of hydrogen-bond acceptors (Lipinski definition) is 5. The van der Waals surface area contributed by atoms with Crippen molar-refractivity contribution in [2.75, 3.05) is 18.0 Å². The molecule has 4 rings (SSSR count). The molecule has 126 valence electrons. The monoisotopic (exact) mass is 332 g/mol. The zero-order chi connectivity index (χ0) is 17.1. The van der Waals surface area contributed by atoms with Crippen LogP contribution < -0.4 is 10.2 Å². The van der Waals surface area contributed by atoms with Gasteiger partial charge in [-0.1, -0.05) is 6.07 Å². The van der Waals surface area contributed by atoms with E-state index in [1.54, 1.807) is 6.20 Å². The molecule has 0 saturated carbocycles. The first-order chi connectivity index (χ1) is 12.4. The third-order valence-corrected chi connectivity index (χ3v) is 4.80. The topological polar surface area (TPSA) is 69.2 Å². The van der Waals surface area contributed by atoms with Crippen LogP contribution in [0.2, 0.25) is 0 Å². The maximum Gasteiger partial charge on any atom is 0.151 e. The fourth-order valence-electron chi connectivity index (χ4n) is 3.61. The Morgan fingerprint density at radius 1 is 1.28 bits per heavy atom. The van der Waals surface area contributed by atoms with E-state index in [0.717, 1.165) is 42.0 Å². The second-order valence-electron chi connectivity index (χ2n) is 6.34. The number of nitrogens with zero attached hydrogens (tertiary/aromatic N) is 5. The van der Waals surface area contributed by atoms with Gasteiger partial charge in [0.2, 0.25) is 0 Å². The van der Waals surface area contributed by atoms with Gasteiger partial charge >= 0.3 is 0 Å². The SMILES string of the molecule is N#Cc1c(CNCC2CCCN2c2cccnn2)cn2ccccc12. The summed E-state index contributed by atoms with van der Waals surface area (Å²) in [5.41, 5.74) is 2.76. The first-order valence-electron chi connectivity index (χ1n) is 8.60. The lowest BCUT2D eigenvalue weighted by Gasteiger charge is -2.25. The minimum absolute atomic E-state index is 0.416. The minimum atomic E-state index is 0.416. The second kappa shape index (κ2) is 6.91. The Morgan fingerprint density at radius 2 is 2.24 bits per heavy atom. The summed E-state index contributed by atoms with van der Waals surface area (Å²) in [5, 5.41) is 21.2. The average Bonchev–Trinajstić information content (AvgIpc) is 3.26. The third kappa shape index (κ3) is 3.06. The quantitative estimate of drug-likeness (QED) is 0.777. The Bertz CT molecular complexity index is 895. The molecule has 0 spiro atoms. The van der Waals surface area contributed by atoms with Crippen LogP contribution in [0.15, 0.2) is 48.9 Å². The zero-order valence-electron chi connectivity index (χ0n) is 14.0. The summed E-state index contributed by atoms with van der Waals surface area (Å²) in [5.74, 6) is 0.944. The molecule has 4 heterocycles. The average molecular weight is 332 g/mol. The summed E-state index contributed by atoms with van der Waals surface area (Å²) in [6.07, 6.45) is 8.03. The van der Waals surface area contributed by atoms with Gasteiger partial charge in [-0.2, -0.15) is 10.4 Å². The Hall–Kier alpha value is -2.91. The van der Waals surface area contributed by atoms with E-state index in [4.69, 9.17) is 0 Å². The van der Waals surface area contributed by atoms with Gasteiger partial charge in [-0.05, 0) is 37.1 Å². The van der Waals surface area contributed by atoms with Crippen molar-refractivity contribution >= 4 is 11.3 Å². The normalized spacial score (nSPS) is 17.1. The first-order valence-corrected chi connectivity index (χ1v) is 8.60. The molecule has 6 heteroatoms. The number of pyridine rings is 1. The highest BCUT2D eigenvalue weighted by Gasteiger charge is 2.25. The molecule has 0 aromatic carbocycles. The minimum Gasteiger partial charge on any atom is -0.351 e. The van der Waals surface area contributed by atoms with Gasteiger partial charge in [0.15, 0.2) is 5.82 Å². The first kappa shape index (κ1) is 15.6. The Morgan fingerprint density at radius 3 is 3.08 bits per heavy atom. The highest BCUT2D eigenvalue weighted by molar-refractivity contribution is 5.65. The summed E-state index contributed by atoms with van der Waals surface area (Å²) in [7, 11) is 0. The third-order valence-electron chi connectivity index (χ3n) is 4.80. The molecule has 1 unspecified atom stereocenters. The van der Waals surface area contributed by atoms with Crippen molar-refractivity contribution in [2.24, 2.45) is 0 Å². The van der Waals surface area contributed by atoms with Crippen molar-refractivity contribution in [1.82, 2.24) is 19.9 Å².